The number of ether oxygens (including phenoxy) is 1. The van der Waals surface area contributed by atoms with Crippen molar-refractivity contribution in [3.63, 3.8) is 0 Å². The fraction of sp³-hybridized carbons (Fsp3) is 0.538. The second kappa shape index (κ2) is 5.61. The third-order valence-corrected chi connectivity index (χ3v) is 3.31. The summed E-state index contributed by atoms with van der Waals surface area (Å²) in [5.74, 6) is 0.719. The highest BCUT2D eigenvalue weighted by Gasteiger charge is 2.22. The van der Waals surface area contributed by atoms with E-state index in [1.54, 1.807) is 0 Å². The van der Waals surface area contributed by atoms with Gasteiger partial charge in [0.2, 0.25) is 0 Å². The smallest absolute Gasteiger partial charge is 0.138 e. The molecule has 0 fully saturated rings. The van der Waals surface area contributed by atoms with Gasteiger partial charge in [-0.05, 0) is 39.0 Å². The maximum atomic E-state index is 6.16. The normalized spacial score (nSPS) is 11.4. The fourth-order valence-electron chi connectivity index (χ4n) is 1.46. The molecule has 3 nitrogen and oxygen atoms in total. The minimum Gasteiger partial charge on any atom is -0.492 e. The summed E-state index contributed by atoms with van der Waals surface area (Å²) in [6.07, 6.45) is 0. The summed E-state index contributed by atoms with van der Waals surface area (Å²) in [5.41, 5.74) is 6.70. The molecule has 0 aromatic heterocycles. The van der Waals surface area contributed by atoms with Gasteiger partial charge >= 0.3 is 0 Å². The summed E-state index contributed by atoms with van der Waals surface area (Å²) in [5, 5.41) is 0.629. The molecule has 0 radical (unpaired) electrons. The molecule has 0 saturated heterocycles. The summed E-state index contributed by atoms with van der Waals surface area (Å²) < 4.78 is 5.41. The highest BCUT2D eigenvalue weighted by atomic mass is 35.5. The molecule has 0 spiro atoms. The Morgan fingerprint density at radius 1 is 1.41 bits per heavy atom. The van der Waals surface area contributed by atoms with Crippen LogP contribution in [0.2, 0.25) is 5.02 Å². The van der Waals surface area contributed by atoms with Crippen LogP contribution in [0.25, 0.3) is 0 Å². The molecule has 1 rings (SSSR count). The van der Waals surface area contributed by atoms with E-state index in [0.717, 1.165) is 11.4 Å². The fourth-order valence-corrected chi connectivity index (χ4v) is 1.69. The first-order valence-corrected chi connectivity index (χ1v) is 6.16. The molecular weight excluding hydrogens is 236 g/mol. The van der Waals surface area contributed by atoms with E-state index in [4.69, 9.17) is 22.1 Å². The van der Waals surface area contributed by atoms with E-state index in [-0.39, 0.29) is 5.54 Å². The van der Waals surface area contributed by atoms with E-state index in [2.05, 4.69) is 18.7 Å². The number of rotatable bonds is 5. The van der Waals surface area contributed by atoms with Crippen LogP contribution >= 0.6 is 11.6 Å². The van der Waals surface area contributed by atoms with Crippen molar-refractivity contribution in [2.75, 3.05) is 25.1 Å². The molecule has 0 aliphatic carbocycles. The van der Waals surface area contributed by atoms with Gasteiger partial charge in [0.25, 0.3) is 0 Å². The van der Waals surface area contributed by atoms with Gasteiger partial charge in [-0.3, -0.25) is 0 Å². The first kappa shape index (κ1) is 14.1. The first-order valence-electron chi connectivity index (χ1n) is 5.78. The standard InChI is InChI=1S/C13H21ClN2O/c1-5-17-12-7-6-10(8-11(12)14)16(4)13(2,3)9-15/h6-8H,5,9,15H2,1-4H3. The van der Waals surface area contributed by atoms with E-state index in [1.165, 1.54) is 0 Å². The third-order valence-electron chi connectivity index (χ3n) is 3.01. The number of likely N-dealkylation sites (N-methyl/N-ethyl adjacent to an activating group) is 1. The Balaban J connectivity index is 2.97. The number of nitrogens with two attached hydrogens (primary N) is 1. The lowest BCUT2D eigenvalue weighted by atomic mass is 10.0. The van der Waals surface area contributed by atoms with Crippen molar-refractivity contribution < 1.29 is 4.74 Å². The lowest BCUT2D eigenvalue weighted by molar-refractivity contribution is 0.340. The number of nitrogens with zero attached hydrogens (tertiary/aromatic N) is 1. The molecule has 17 heavy (non-hydrogen) atoms. The zero-order valence-electron chi connectivity index (χ0n) is 11.0. The highest BCUT2D eigenvalue weighted by Crippen LogP contribution is 2.31. The molecule has 96 valence electrons. The molecule has 1 aromatic carbocycles. The Morgan fingerprint density at radius 3 is 2.53 bits per heavy atom. The Hall–Kier alpha value is -0.930. The van der Waals surface area contributed by atoms with Crippen molar-refractivity contribution in [1.29, 1.82) is 0 Å². The van der Waals surface area contributed by atoms with Crippen molar-refractivity contribution >= 4 is 17.3 Å². The number of hydrogen-bond donors (Lipinski definition) is 1. The van der Waals surface area contributed by atoms with E-state index >= 15 is 0 Å². The molecule has 0 unspecified atom stereocenters. The van der Waals surface area contributed by atoms with Gasteiger partial charge in [-0.1, -0.05) is 11.6 Å². The molecule has 1 aromatic rings. The molecule has 4 heteroatoms. The summed E-state index contributed by atoms with van der Waals surface area (Å²) in [6.45, 7) is 7.32. The van der Waals surface area contributed by atoms with Crippen LogP contribution in [-0.4, -0.2) is 25.7 Å². The van der Waals surface area contributed by atoms with E-state index < -0.39 is 0 Å². The lowest BCUT2D eigenvalue weighted by Crippen LogP contribution is -2.47. The van der Waals surface area contributed by atoms with Gasteiger partial charge in [0.15, 0.2) is 0 Å². The SMILES string of the molecule is CCOc1ccc(N(C)C(C)(C)CN)cc1Cl. The number of anilines is 1. The first-order chi connectivity index (χ1) is 7.92. The molecule has 0 amide bonds. The molecule has 0 heterocycles. The summed E-state index contributed by atoms with van der Waals surface area (Å²) in [4.78, 5) is 2.12. The highest BCUT2D eigenvalue weighted by molar-refractivity contribution is 6.32. The molecule has 2 N–H and O–H groups in total. The Morgan fingerprint density at radius 2 is 2.06 bits per heavy atom. The molecule has 0 atom stereocenters. The largest absolute Gasteiger partial charge is 0.492 e. The van der Waals surface area contributed by atoms with Gasteiger partial charge in [-0.2, -0.15) is 0 Å². The van der Waals surface area contributed by atoms with E-state index in [1.807, 2.05) is 32.2 Å². The Kier molecular flexibility index (Phi) is 4.66. The Bertz CT molecular complexity index is 380. The molecule has 0 aliphatic rings. The second-order valence-electron chi connectivity index (χ2n) is 4.62. The maximum Gasteiger partial charge on any atom is 0.138 e. The van der Waals surface area contributed by atoms with Crippen LogP contribution in [0.4, 0.5) is 5.69 Å². The van der Waals surface area contributed by atoms with Gasteiger partial charge in [-0.25, -0.2) is 0 Å². The molecule has 0 aliphatic heterocycles. The van der Waals surface area contributed by atoms with Crippen molar-refractivity contribution in [2.24, 2.45) is 5.73 Å². The van der Waals surface area contributed by atoms with Gasteiger partial charge in [0.05, 0.1) is 11.6 Å². The minimum absolute atomic E-state index is 0.101. The average molecular weight is 257 g/mol. The summed E-state index contributed by atoms with van der Waals surface area (Å²) >= 11 is 6.16. The molecular formula is C13H21ClN2O. The van der Waals surface area contributed by atoms with E-state index in [9.17, 15) is 0 Å². The minimum atomic E-state index is -0.101. The number of halogens is 1. The molecule has 0 saturated carbocycles. The van der Waals surface area contributed by atoms with Crippen LogP contribution in [0.3, 0.4) is 0 Å². The quantitative estimate of drug-likeness (QED) is 0.880. The van der Waals surface area contributed by atoms with E-state index in [0.29, 0.717) is 18.2 Å². The molecule has 0 bridgehead atoms. The van der Waals surface area contributed by atoms with Crippen LogP contribution in [-0.2, 0) is 0 Å². The topological polar surface area (TPSA) is 38.5 Å². The van der Waals surface area contributed by atoms with Crippen LogP contribution < -0.4 is 15.4 Å². The van der Waals surface area contributed by atoms with Gasteiger partial charge in [-0.15, -0.1) is 0 Å². The number of benzene rings is 1. The maximum absolute atomic E-state index is 6.16. The van der Waals surface area contributed by atoms with Gasteiger partial charge < -0.3 is 15.4 Å². The van der Waals surface area contributed by atoms with Crippen molar-refractivity contribution in [2.45, 2.75) is 26.3 Å². The van der Waals surface area contributed by atoms with Gasteiger partial charge in [0.1, 0.15) is 5.75 Å². The second-order valence-corrected chi connectivity index (χ2v) is 5.03. The van der Waals surface area contributed by atoms with Crippen LogP contribution in [0, 0.1) is 0 Å². The summed E-state index contributed by atoms with van der Waals surface area (Å²) in [6, 6.07) is 5.79. The summed E-state index contributed by atoms with van der Waals surface area (Å²) in [7, 11) is 2.01. The average Bonchev–Trinajstić information content (AvgIpc) is 2.31. The van der Waals surface area contributed by atoms with Crippen molar-refractivity contribution in [3.8, 4) is 5.75 Å². The van der Waals surface area contributed by atoms with Crippen LogP contribution in [0.1, 0.15) is 20.8 Å². The monoisotopic (exact) mass is 256 g/mol. The van der Waals surface area contributed by atoms with Crippen molar-refractivity contribution in [1.82, 2.24) is 0 Å². The Labute approximate surface area is 109 Å². The zero-order chi connectivity index (χ0) is 13.1. The predicted octanol–water partition coefficient (Wildman–Crippen LogP) is 2.91. The zero-order valence-corrected chi connectivity index (χ0v) is 11.7. The van der Waals surface area contributed by atoms with Crippen molar-refractivity contribution in [3.05, 3.63) is 23.2 Å². The van der Waals surface area contributed by atoms with Crippen LogP contribution in [0.15, 0.2) is 18.2 Å². The third kappa shape index (κ3) is 3.27. The lowest BCUT2D eigenvalue weighted by Gasteiger charge is -2.36. The number of hydrogen-bond acceptors (Lipinski definition) is 3. The van der Waals surface area contributed by atoms with Gasteiger partial charge in [0, 0.05) is 24.8 Å². The van der Waals surface area contributed by atoms with Crippen LogP contribution in [0.5, 0.6) is 5.75 Å². The predicted molar refractivity (Wildman–Crippen MR) is 74.2 cm³/mol.